The van der Waals surface area contributed by atoms with Crippen molar-refractivity contribution >= 4 is 23.4 Å². The number of thioether (sulfide) groups is 1. The fourth-order valence-corrected chi connectivity index (χ4v) is 1.73. The fourth-order valence-electron chi connectivity index (χ4n) is 0.963. The molecule has 0 fully saturated rings. The van der Waals surface area contributed by atoms with Gasteiger partial charge in [-0.15, -0.1) is 0 Å². The molecule has 0 spiro atoms. The molecule has 3 nitrogen and oxygen atoms in total. The molecule has 0 heterocycles. The van der Waals surface area contributed by atoms with Crippen molar-refractivity contribution in [1.29, 1.82) is 0 Å². The van der Waals surface area contributed by atoms with Gasteiger partial charge in [-0.05, 0) is 25.1 Å². The first-order chi connectivity index (χ1) is 7.13. The Kier molecular flexibility index (Phi) is 4.42. The van der Waals surface area contributed by atoms with Crippen LogP contribution in [0.25, 0.3) is 0 Å². The van der Waals surface area contributed by atoms with E-state index in [2.05, 4.69) is 4.74 Å². The normalized spacial score (nSPS) is 12.1. The second kappa shape index (κ2) is 5.60. The van der Waals surface area contributed by atoms with Crippen LogP contribution in [-0.4, -0.2) is 18.1 Å². The highest BCUT2D eigenvalue weighted by Crippen LogP contribution is 2.26. The molecule has 0 saturated heterocycles. The summed E-state index contributed by atoms with van der Waals surface area (Å²) in [6, 6.07) is 6.69. The van der Waals surface area contributed by atoms with Gasteiger partial charge >= 0.3 is 5.97 Å². The number of rotatable bonds is 4. The molecule has 0 radical (unpaired) electrons. The van der Waals surface area contributed by atoms with Crippen molar-refractivity contribution in [2.45, 2.75) is 17.3 Å². The van der Waals surface area contributed by atoms with Crippen molar-refractivity contribution in [2.24, 2.45) is 0 Å². The molecule has 0 amide bonds. The molecule has 2 N–H and O–H groups in total. The molecular weight excluding hydrogens is 217 g/mol. The van der Waals surface area contributed by atoms with E-state index in [1.54, 1.807) is 31.2 Å². The lowest BCUT2D eigenvalue weighted by molar-refractivity contribution is -0.145. The van der Waals surface area contributed by atoms with Gasteiger partial charge < -0.3 is 10.5 Å². The lowest BCUT2D eigenvalue weighted by Crippen LogP contribution is -2.15. The molecule has 5 heteroatoms. The lowest BCUT2D eigenvalue weighted by Gasteiger charge is -2.07. The zero-order valence-electron chi connectivity index (χ0n) is 8.27. The van der Waals surface area contributed by atoms with Crippen LogP contribution in [0.2, 0.25) is 0 Å². The Labute approximate surface area is 91.8 Å². The highest BCUT2D eigenvalue weighted by atomic mass is 32.2. The summed E-state index contributed by atoms with van der Waals surface area (Å²) >= 11 is 0.785. The largest absolute Gasteiger partial charge is 0.463 e. The van der Waals surface area contributed by atoms with Gasteiger partial charge in [-0.3, -0.25) is 0 Å². The topological polar surface area (TPSA) is 52.3 Å². The molecule has 1 unspecified atom stereocenters. The second-order valence-electron chi connectivity index (χ2n) is 2.76. The Bertz CT molecular complexity index is 346. The second-order valence-corrected chi connectivity index (χ2v) is 3.88. The molecular formula is C10H12FNO2S. The number of hydrogen-bond acceptors (Lipinski definition) is 4. The standard InChI is InChI=1S/C10H12FNO2S/c1-2-14-10(13)9(11)15-8-5-3-4-7(12)6-8/h3-6,9H,2,12H2,1H3. The number of esters is 1. The van der Waals surface area contributed by atoms with Crippen LogP contribution in [0, 0.1) is 0 Å². The Morgan fingerprint density at radius 1 is 1.67 bits per heavy atom. The molecule has 0 aliphatic heterocycles. The Hall–Kier alpha value is -1.23. The number of benzene rings is 1. The minimum absolute atomic E-state index is 0.177. The van der Waals surface area contributed by atoms with E-state index in [9.17, 15) is 9.18 Å². The van der Waals surface area contributed by atoms with Crippen LogP contribution in [0.3, 0.4) is 0 Å². The monoisotopic (exact) mass is 229 g/mol. The van der Waals surface area contributed by atoms with Gasteiger partial charge in [0.15, 0.2) is 0 Å². The number of hydrogen-bond donors (Lipinski definition) is 1. The van der Waals surface area contributed by atoms with Gasteiger partial charge in [0.25, 0.3) is 0 Å². The molecule has 0 aromatic heterocycles. The van der Waals surface area contributed by atoms with E-state index >= 15 is 0 Å². The lowest BCUT2D eigenvalue weighted by atomic mass is 10.3. The number of carbonyl (C=O) groups is 1. The highest BCUT2D eigenvalue weighted by molar-refractivity contribution is 8.00. The zero-order chi connectivity index (χ0) is 11.3. The van der Waals surface area contributed by atoms with E-state index in [0.717, 1.165) is 11.8 Å². The van der Waals surface area contributed by atoms with Crippen LogP contribution in [0.4, 0.5) is 10.1 Å². The van der Waals surface area contributed by atoms with Crippen molar-refractivity contribution in [3.8, 4) is 0 Å². The maximum atomic E-state index is 13.2. The van der Waals surface area contributed by atoms with E-state index in [4.69, 9.17) is 5.73 Å². The molecule has 0 bridgehead atoms. The summed E-state index contributed by atoms with van der Waals surface area (Å²) < 4.78 is 17.8. The Balaban J connectivity index is 2.58. The van der Waals surface area contributed by atoms with Gasteiger partial charge in [0, 0.05) is 10.6 Å². The van der Waals surface area contributed by atoms with E-state index in [1.165, 1.54) is 0 Å². The minimum Gasteiger partial charge on any atom is -0.463 e. The van der Waals surface area contributed by atoms with Gasteiger partial charge in [0.1, 0.15) is 0 Å². The number of halogens is 1. The number of carbonyl (C=O) groups excluding carboxylic acids is 1. The van der Waals surface area contributed by atoms with E-state index in [0.29, 0.717) is 10.6 Å². The van der Waals surface area contributed by atoms with Gasteiger partial charge in [0.2, 0.25) is 5.50 Å². The first kappa shape index (κ1) is 11.8. The van der Waals surface area contributed by atoms with Gasteiger partial charge in [-0.2, -0.15) is 0 Å². The van der Waals surface area contributed by atoms with E-state index in [1.807, 2.05) is 0 Å². The molecule has 1 aromatic rings. The van der Waals surface area contributed by atoms with Gasteiger partial charge in [-0.25, -0.2) is 9.18 Å². The van der Waals surface area contributed by atoms with Crippen LogP contribution < -0.4 is 5.73 Å². The van der Waals surface area contributed by atoms with Crippen molar-refractivity contribution in [3.63, 3.8) is 0 Å². The molecule has 15 heavy (non-hydrogen) atoms. The van der Waals surface area contributed by atoms with Crippen molar-refractivity contribution in [2.75, 3.05) is 12.3 Å². The van der Waals surface area contributed by atoms with Gasteiger partial charge in [-0.1, -0.05) is 17.8 Å². The summed E-state index contributed by atoms with van der Waals surface area (Å²) in [5.41, 5.74) is 4.35. The third kappa shape index (κ3) is 3.79. The number of alkyl halides is 1. The quantitative estimate of drug-likeness (QED) is 0.488. The molecule has 0 aliphatic carbocycles. The Morgan fingerprint density at radius 3 is 3.00 bits per heavy atom. The molecule has 1 rings (SSSR count). The summed E-state index contributed by atoms with van der Waals surface area (Å²) in [6.07, 6.45) is 0. The maximum Gasteiger partial charge on any atom is 0.351 e. The SMILES string of the molecule is CCOC(=O)C(F)Sc1cccc(N)c1. The summed E-state index contributed by atoms with van der Waals surface area (Å²) in [7, 11) is 0. The predicted molar refractivity (Wildman–Crippen MR) is 58.2 cm³/mol. The van der Waals surface area contributed by atoms with Crippen LogP contribution in [0.5, 0.6) is 0 Å². The first-order valence-electron chi connectivity index (χ1n) is 4.46. The molecule has 0 saturated carbocycles. The van der Waals surface area contributed by atoms with Crippen molar-refractivity contribution < 1.29 is 13.9 Å². The third-order valence-corrected chi connectivity index (χ3v) is 2.50. The Morgan fingerprint density at radius 2 is 2.40 bits per heavy atom. The van der Waals surface area contributed by atoms with E-state index in [-0.39, 0.29) is 6.61 Å². The summed E-state index contributed by atoms with van der Waals surface area (Å²) in [5, 5.41) is 0. The summed E-state index contributed by atoms with van der Waals surface area (Å²) in [6.45, 7) is 1.81. The average molecular weight is 229 g/mol. The molecule has 1 aromatic carbocycles. The van der Waals surface area contributed by atoms with Crippen molar-refractivity contribution in [1.82, 2.24) is 0 Å². The predicted octanol–water partition coefficient (Wildman–Crippen LogP) is 2.22. The van der Waals surface area contributed by atoms with Gasteiger partial charge in [0.05, 0.1) is 6.61 Å². The molecule has 82 valence electrons. The average Bonchev–Trinajstić information content (AvgIpc) is 2.18. The summed E-state index contributed by atoms with van der Waals surface area (Å²) in [4.78, 5) is 11.6. The minimum atomic E-state index is -1.70. The molecule has 1 atom stereocenters. The van der Waals surface area contributed by atoms with Crippen molar-refractivity contribution in [3.05, 3.63) is 24.3 Å². The fraction of sp³-hybridized carbons (Fsp3) is 0.300. The molecule has 0 aliphatic rings. The number of nitrogens with two attached hydrogens (primary N) is 1. The van der Waals surface area contributed by atoms with E-state index < -0.39 is 11.5 Å². The number of ether oxygens (including phenoxy) is 1. The highest BCUT2D eigenvalue weighted by Gasteiger charge is 2.19. The maximum absolute atomic E-state index is 13.2. The zero-order valence-corrected chi connectivity index (χ0v) is 9.09. The van der Waals surface area contributed by atoms with Crippen LogP contribution >= 0.6 is 11.8 Å². The smallest absolute Gasteiger partial charge is 0.351 e. The number of anilines is 1. The first-order valence-corrected chi connectivity index (χ1v) is 5.34. The third-order valence-electron chi connectivity index (χ3n) is 1.57. The van der Waals surface area contributed by atoms with Crippen LogP contribution in [0.1, 0.15) is 6.92 Å². The summed E-state index contributed by atoms with van der Waals surface area (Å²) in [5.74, 6) is -0.857. The number of nitrogen functional groups attached to an aromatic ring is 1. The van der Waals surface area contributed by atoms with Crippen LogP contribution in [-0.2, 0) is 9.53 Å². The van der Waals surface area contributed by atoms with Crippen LogP contribution in [0.15, 0.2) is 29.2 Å².